The molecular weight excluding hydrogens is 266 g/mol. The summed E-state index contributed by atoms with van der Waals surface area (Å²) in [4.78, 5) is 23.3. The fourth-order valence-corrected chi connectivity index (χ4v) is 5.65. The summed E-state index contributed by atoms with van der Waals surface area (Å²) >= 11 is 0. The van der Waals surface area contributed by atoms with Gasteiger partial charge in [0.05, 0.1) is 5.92 Å². The van der Waals surface area contributed by atoms with Gasteiger partial charge in [-0.3, -0.25) is 9.59 Å². The van der Waals surface area contributed by atoms with Crippen molar-refractivity contribution in [2.75, 3.05) is 6.54 Å². The minimum atomic E-state index is -0.654. The van der Waals surface area contributed by atoms with E-state index in [4.69, 9.17) is 5.11 Å². The van der Waals surface area contributed by atoms with Crippen molar-refractivity contribution in [3.63, 3.8) is 0 Å². The Morgan fingerprint density at radius 2 is 1.57 bits per heavy atom. The minimum Gasteiger partial charge on any atom is -0.481 e. The van der Waals surface area contributed by atoms with Gasteiger partial charge in [-0.05, 0) is 74.5 Å². The van der Waals surface area contributed by atoms with E-state index in [0.29, 0.717) is 29.6 Å². The highest BCUT2D eigenvalue weighted by atomic mass is 16.4. The smallest absolute Gasteiger partial charge is 0.306 e. The number of aliphatic carboxylic acids is 1. The molecule has 2 N–H and O–H groups in total. The highest BCUT2D eigenvalue weighted by Gasteiger charge is 2.67. The molecule has 21 heavy (non-hydrogen) atoms. The van der Waals surface area contributed by atoms with E-state index < -0.39 is 5.97 Å². The van der Waals surface area contributed by atoms with Crippen molar-refractivity contribution in [3.8, 4) is 0 Å². The Labute approximate surface area is 125 Å². The third-order valence-corrected chi connectivity index (χ3v) is 6.80. The molecule has 4 aliphatic carbocycles. The van der Waals surface area contributed by atoms with E-state index in [2.05, 4.69) is 5.32 Å². The molecular formula is C17H25NO3. The first-order valence-electron chi connectivity index (χ1n) is 8.65. The predicted octanol–water partition coefficient (Wildman–Crippen LogP) is 2.29. The molecule has 4 aliphatic rings. The summed E-state index contributed by atoms with van der Waals surface area (Å²) in [6, 6.07) is 0. The number of carboxylic acid groups (broad SMARTS) is 1. The van der Waals surface area contributed by atoms with Crippen LogP contribution in [0.3, 0.4) is 0 Å². The zero-order valence-electron chi connectivity index (χ0n) is 12.5. The second-order valence-corrected chi connectivity index (χ2v) is 7.81. The Morgan fingerprint density at radius 1 is 0.952 bits per heavy atom. The number of carbonyl (C=O) groups excluding carboxylic acids is 1. The molecule has 1 amide bonds. The van der Waals surface area contributed by atoms with Crippen LogP contribution >= 0.6 is 0 Å². The molecule has 0 heterocycles. The van der Waals surface area contributed by atoms with Crippen molar-refractivity contribution in [2.24, 2.45) is 41.4 Å². The van der Waals surface area contributed by atoms with E-state index in [-0.39, 0.29) is 5.92 Å². The van der Waals surface area contributed by atoms with E-state index in [1.54, 1.807) is 0 Å². The second kappa shape index (κ2) is 4.99. The molecule has 4 fully saturated rings. The van der Waals surface area contributed by atoms with Gasteiger partial charge in [-0.25, -0.2) is 0 Å². The highest BCUT2D eigenvalue weighted by Crippen LogP contribution is 2.69. The van der Waals surface area contributed by atoms with Gasteiger partial charge in [-0.2, -0.15) is 0 Å². The van der Waals surface area contributed by atoms with Crippen LogP contribution in [-0.2, 0) is 9.59 Å². The Morgan fingerprint density at radius 3 is 2.14 bits per heavy atom. The van der Waals surface area contributed by atoms with Gasteiger partial charge < -0.3 is 10.4 Å². The van der Waals surface area contributed by atoms with Crippen molar-refractivity contribution in [1.29, 1.82) is 0 Å². The molecule has 0 aromatic heterocycles. The number of hydrogen-bond acceptors (Lipinski definition) is 2. The number of carbonyl (C=O) groups is 2. The van der Waals surface area contributed by atoms with Crippen LogP contribution < -0.4 is 5.32 Å². The molecule has 4 nitrogen and oxygen atoms in total. The van der Waals surface area contributed by atoms with Gasteiger partial charge in [-0.15, -0.1) is 0 Å². The lowest BCUT2D eigenvalue weighted by Crippen LogP contribution is -2.34. The van der Waals surface area contributed by atoms with Gasteiger partial charge in [0, 0.05) is 12.5 Å². The molecule has 4 unspecified atom stereocenters. The van der Waals surface area contributed by atoms with Crippen molar-refractivity contribution < 1.29 is 14.7 Å². The molecule has 0 aliphatic heterocycles. The summed E-state index contributed by atoms with van der Waals surface area (Å²) in [6.45, 7) is 0.760. The maximum atomic E-state index is 12.3. The van der Waals surface area contributed by atoms with Crippen molar-refractivity contribution >= 4 is 11.9 Å². The van der Waals surface area contributed by atoms with Gasteiger partial charge in [0.15, 0.2) is 0 Å². The number of rotatable bonds is 4. The molecule has 0 saturated heterocycles. The fourth-order valence-electron chi connectivity index (χ4n) is 5.65. The normalized spacial score (nSPS) is 47.0. The monoisotopic (exact) mass is 291 g/mol. The Balaban J connectivity index is 1.22. The first-order chi connectivity index (χ1) is 10.1. The molecule has 0 aromatic carbocycles. The standard InChI is InChI=1S/C17H25NO3/c19-16(15-13-11-5-6-12(7-11)14(13)15)18-8-9-1-3-10(4-2-9)17(20)21/h9-15H,1-8H2,(H,18,19)(H,20,21). The number of nitrogens with one attached hydrogen (secondary N) is 1. The average molecular weight is 291 g/mol. The largest absolute Gasteiger partial charge is 0.481 e. The third kappa shape index (κ3) is 2.27. The lowest BCUT2D eigenvalue weighted by atomic mass is 9.82. The van der Waals surface area contributed by atoms with Crippen molar-refractivity contribution in [1.82, 2.24) is 5.32 Å². The maximum absolute atomic E-state index is 12.3. The molecule has 4 saturated carbocycles. The topological polar surface area (TPSA) is 66.4 Å². The molecule has 2 bridgehead atoms. The van der Waals surface area contributed by atoms with Gasteiger partial charge in [0.25, 0.3) is 0 Å². The van der Waals surface area contributed by atoms with E-state index in [1.165, 1.54) is 19.3 Å². The van der Waals surface area contributed by atoms with Gasteiger partial charge in [0.1, 0.15) is 0 Å². The highest BCUT2D eigenvalue weighted by molar-refractivity contribution is 5.82. The first-order valence-corrected chi connectivity index (χ1v) is 8.65. The van der Waals surface area contributed by atoms with Crippen LogP contribution in [0.15, 0.2) is 0 Å². The van der Waals surface area contributed by atoms with Crippen LogP contribution in [0.1, 0.15) is 44.9 Å². The molecule has 0 radical (unpaired) electrons. The van der Waals surface area contributed by atoms with Gasteiger partial charge in [-0.1, -0.05) is 0 Å². The van der Waals surface area contributed by atoms with E-state index >= 15 is 0 Å². The van der Waals surface area contributed by atoms with Crippen LogP contribution in [0.25, 0.3) is 0 Å². The average Bonchev–Trinajstić information content (AvgIpc) is 2.93. The summed E-state index contributed by atoms with van der Waals surface area (Å²) in [5.74, 6) is 3.42. The second-order valence-electron chi connectivity index (χ2n) is 7.81. The van der Waals surface area contributed by atoms with E-state index in [1.807, 2.05) is 0 Å². The molecule has 116 valence electrons. The lowest BCUT2D eigenvalue weighted by Gasteiger charge is -2.26. The molecule has 0 spiro atoms. The van der Waals surface area contributed by atoms with E-state index in [0.717, 1.165) is 44.1 Å². The number of hydrogen-bond donors (Lipinski definition) is 2. The van der Waals surface area contributed by atoms with Crippen LogP contribution in [0.2, 0.25) is 0 Å². The first kappa shape index (κ1) is 13.6. The summed E-state index contributed by atoms with van der Waals surface area (Å²) < 4.78 is 0. The maximum Gasteiger partial charge on any atom is 0.306 e. The third-order valence-electron chi connectivity index (χ3n) is 6.80. The van der Waals surface area contributed by atoms with Gasteiger partial charge >= 0.3 is 5.97 Å². The summed E-state index contributed by atoms with van der Waals surface area (Å²) in [7, 11) is 0. The summed E-state index contributed by atoms with van der Waals surface area (Å²) in [5, 5.41) is 12.2. The van der Waals surface area contributed by atoms with E-state index in [9.17, 15) is 9.59 Å². The molecule has 0 aromatic rings. The lowest BCUT2D eigenvalue weighted by molar-refractivity contribution is -0.143. The number of carboxylic acids is 1. The van der Waals surface area contributed by atoms with Crippen molar-refractivity contribution in [2.45, 2.75) is 44.9 Å². The zero-order valence-corrected chi connectivity index (χ0v) is 12.5. The zero-order chi connectivity index (χ0) is 14.6. The van der Waals surface area contributed by atoms with Crippen LogP contribution in [0.4, 0.5) is 0 Å². The molecule has 4 rings (SSSR count). The molecule has 4 heteroatoms. The summed E-state index contributed by atoms with van der Waals surface area (Å²) in [5.41, 5.74) is 0. The van der Waals surface area contributed by atoms with Crippen LogP contribution in [0, 0.1) is 41.4 Å². The fraction of sp³-hybridized carbons (Fsp3) is 0.882. The minimum absolute atomic E-state index is 0.157. The van der Waals surface area contributed by atoms with Crippen molar-refractivity contribution in [3.05, 3.63) is 0 Å². The molecule has 4 atom stereocenters. The Kier molecular flexibility index (Phi) is 3.23. The SMILES string of the molecule is O=C(O)C1CCC(CNC(=O)C2C3C4CCC(C4)C23)CC1. The predicted molar refractivity (Wildman–Crippen MR) is 77.4 cm³/mol. The Hall–Kier alpha value is -1.06. The number of amides is 1. The van der Waals surface area contributed by atoms with Crippen LogP contribution in [-0.4, -0.2) is 23.5 Å². The Bertz CT molecular complexity index is 439. The van der Waals surface area contributed by atoms with Crippen LogP contribution in [0.5, 0.6) is 0 Å². The quantitative estimate of drug-likeness (QED) is 0.835. The number of fused-ring (bicyclic) bond motifs is 5. The summed E-state index contributed by atoms with van der Waals surface area (Å²) in [6.07, 6.45) is 7.53. The van der Waals surface area contributed by atoms with Gasteiger partial charge in [0.2, 0.25) is 5.91 Å².